The summed E-state index contributed by atoms with van der Waals surface area (Å²) in [5.41, 5.74) is 1.58. The van der Waals surface area contributed by atoms with E-state index in [1.807, 2.05) is 0 Å². The molecule has 0 saturated heterocycles. The second-order valence-electron chi connectivity index (χ2n) is 6.37. The standard InChI is InChI=1S/C21H15ClFN5O2/c22-16-7-6-14(26-21(30)18-11-19-24-8-3-9-28(19)27-18)10-15(16)20(29)25-12-13-4-1-2-5-17(13)23/h1-11H,12H2,(H,25,29)(H,26,30). The number of halogens is 2. The molecule has 7 nitrogen and oxygen atoms in total. The Bertz CT molecular complexity index is 1220. The number of nitrogens with one attached hydrogen (secondary N) is 2. The lowest BCUT2D eigenvalue weighted by Gasteiger charge is -2.10. The zero-order valence-electron chi connectivity index (χ0n) is 15.5. The van der Waals surface area contributed by atoms with Gasteiger partial charge in [0.05, 0.1) is 10.6 Å². The Kier molecular flexibility index (Phi) is 5.40. The molecule has 0 aliphatic carbocycles. The highest BCUT2D eigenvalue weighted by Crippen LogP contribution is 2.21. The number of nitrogens with zero attached hydrogens (tertiary/aromatic N) is 3. The minimum Gasteiger partial charge on any atom is -0.348 e. The number of aromatic nitrogens is 3. The zero-order chi connectivity index (χ0) is 21.1. The maximum atomic E-state index is 13.7. The first-order chi connectivity index (χ1) is 14.5. The Labute approximate surface area is 175 Å². The molecule has 0 unspecified atom stereocenters. The smallest absolute Gasteiger partial charge is 0.276 e. The van der Waals surface area contributed by atoms with Crippen molar-refractivity contribution >= 4 is 34.7 Å². The highest BCUT2D eigenvalue weighted by molar-refractivity contribution is 6.34. The van der Waals surface area contributed by atoms with Gasteiger partial charge >= 0.3 is 0 Å². The quantitative estimate of drug-likeness (QED) is 0.512. The predicted octanol–water partition coefficient (Wildman–Crippen LogP) is 3.70. The molecule has 9 heteroatoms. The summed E-state index contributed by atoms with van der Waals surface area (Å²) >= 11 is 6.14. The summed E-state index contributed by atoms with van der Waals surface area (Å²) in [6, 6.07) is 13.9. The van der Waals surface area contributed by atoms with E-state index in [9.17, 15) is 14.0 Å². The predicted molar refractivity (Wildman–Crippen MR) is 110 cm³/mol. The number of benzene rings is 2. The van der Waals surface area contributed by atoms with Gasteiger partial charge in [-0.15, -0.1) is 0 Å². The molecule has 4 rings (SSSR count). The van der Waals surface area contributed by atoms with Gasteiger partial charge in [0.2, 0.25) is 0 Å². The van der Waals surface area contributed by atoms with Crippen molar-refractivity contribution in [2.75, 3.05) is 5.32 Å². The average molecular weight is 424 g/mol. The van der Waals surface area contributed by atoms with E-state index in [-0.39, 0.29) is 22.8 Å². The molecule has 2 aromatic heterocycles. The second-order valence-corrected chi connectivity index (χ2v) is 6.78. The SMILES string of the molecule is O=C(Nc1ccc(Cl)c(C(=O)NCc2ccccc2F)c1)c1cc2ncccn2n1. The largest absolute Gasteiger partial charge is 0.348 e. The van der Waals surface area contributed by atoms with Crippen molar-refractivity contribution < 1.29 is 14.0 Å². The summed E-state index contributed by atoms with van der Waals surface area (Å²) in [4.78, 5) is 29.1. The van der Waals surface area contributed by atoms with Crippen LogP contribution in [0.25, 0.3) is 5.65 Å². The molecule has 0 aliphatic rings. The molecule has 2 heterocycles. The molecule has 0 bridgehead atoms. The zero-order valence-corrected chi connectivity index (χ0v) is 16.2. The van der Waals surface area contributed by atoms with Gasteiger partial charge in [0, 0.05) is 36.3 Å². The summed E-state index contributed by atoms with van der Waals surface area (Å²) < 4.78 is 15.2. The van der Waals surface area contributed by atoms with Crippen molar-refractivity contribution in [2.24, 2.45) is 0 Å². The fourth-order valence-electron chi connectivity index (χ4n) is 2.83. The maximum absolute atomic E-state index is 13.7. The third-order valence-electron chi connectivity index (χ3n) is 4.33. The lowest BCUT2D eigenvalue weighted by molar-refractivity contribution is 0.0949. The average Bonchev–Trinajstić information content (AvgIpc) is 3.19. The fourth-order valence-corrected chi connectivity index (χ4v) is 3.03. The highest BCUT2D eigenvalue weighted by atomic mass is 35.5. The van der Waals surface area contributed by atoms with Gasteiger partial charge in [-0.2, -0.15) is 5.10 Å². The van der Waals surface area contributed by atoms with Crippen molar-refractivity contribution in [1.29, 1.82) is 0 Å². The van der Waals surface area contributed by atoms with Gasteiger partial charge in [0.1, 0.15) is 5.82 Å². The van der Waals surface area contributed by atoms with Crippen LogP contribution in [0.2, 0.25) is 5.02 Å². The van der Waals surface area contributed by atoms with Crippen LogP contribution in [0.3, 0.4) is 0 Å². The summed E-state index contributed by atoms with van der Waals surface area (Å²) in [6.45, 7) is 0.00662. The number of amides is 2. The van der Waals surface area contributed by atoms with Crippen LogP contribution in [0, 0.1) is 5.82 Å². The molecule has 0 radical (unpaired) electrons. The normalized spacial score (nSPS) is 10.7. The van der Waals surface area contributed by atoms with E-state index in [4.69, 9.17) is 11.6 Å². The lowest BCUT2D eigenvalue weighted by Crippen LogP contribution is -2.24. The van der Waals surface area contributed by atoms with Crippen LogP contribution in [0.4, 0.5) is 10.1 Å². The third kappa shape index (κ3) is 4.13. The molecule has 0 spiro atoms. The second kappa shape index (κ2) is 8.30. The van der Waals surface area contributed by atoms with Gasteiger partial charge < -0.3 is 10.6 Å². The van der Waals surface area contributed by atoms with Crippen LogP contribution in [0.5, 0.6) is 0 Å². The molecule has 150 valence electrons. The van der Waals surface area contributed by atoms with E-state index in [2.05, 4.69) is 20.7 Å². The molecule has 0 aliphatic heterocycles. The Morgan fingerprint density at radius 1 is 1.07 bits per heavy atom. The molecule has 0 fully saturated rings. The van der Waals surface area contributed by atoms with Crippen molar-refractivity contribution in [3.63, 3.8) is 0 Å². The minimum atomic E-state index is -0.490. The number of anilines is 1. The van der Waals surface area contributed by atoms with E-state index in [1.165, 1.54) is 22.7 Å². The molecular formula is C21H15ClFN5O2. The van der Waals surface area contributed by atoms with Gasteiger partial charge in [-0.25, -0.2) is 13.9 Å². The molecule has 2 aromatic carbocycles. The summed E-state index contributed by atoms with van der Waals surface area (Å²) in [6.07, 6.45) is 3.28. The van der Waals surface area contributed by atoms with Crippen LogP contribution >= 0.6 is 11.6 Å². The monoisotopic (exact) mass is 423 g/mol. The first kappa shape index (κ1) is 19.5. The molecule has 4 aromatic rings. The number of fused-ring (bicyclic) bond motifs is 1. The van der Waals surface area contributed by atoms with Gasteiger partial charge in [-0.3, -0.25) is 9.59 Å². The van der Waals surface area contributed by atoms with Crippen LogP contribution < -0.4 is 10.6 Å². The first-order valence-corrected chi connectivity index (χ1v) is 9.32. The molecule has 2 N–H and O–H groups in total. The minimum absolute atomic E-state index is 0.00662. The number of rotatable bonds is 5. The van der Waals surface area contributed by atoms with Gasteiger partial charge in [0.25, 0.3) is 11.8 Å². The van der Waals surface area contributed by atoms with E-state index in [0.29, 0.717) is 16.9 Å². The van der Waals surface area contributed by atoms with E-state index in [0.717, 1.165) is 0 Å². The summed E-state index contributed by atoms with van der Waals surface area (Å²) in [5.74, 6) is -1.36. The van der Waals surface area contributed by atoms with E-state index >= 15 is 0 Å². The molecule has 30 heavy (non-hydrogen) atoms. The number of hydrogen-bond acceptors (Lipinski definition) is 4. The van der Waals surface area contributed by atoms with Crippen molar-refractivity contribution in [2.45, 2.75) is 6.54 Å². The van der Waals surface area contributed by atoms with Crippen molar-refractivity contribution in [1.82, 2.24) is 19.9 Å². The van der Waals surface area contributed by atoms with Crippen LogP contribution in [-0.4, -0.2) is 26.4 Å². The van der Waals surface area contributed by atoms with E-state index < -0.39 is 17.6 Å². The van der Waals surface area contributed by atoms with Crippen LogP contribution in [0.1, 0.15) is 26.4 Å². The van der Waals surface area contributed by atoms with Gasteiger partial charge in [-0.05, 0) is 30.3 Å². The number of carbonyl (C=O) groups excluding carboxylic acids is 2. The topological polar surface area (TPSA) is 88.4 Å². The molecule has 0 saturated carbocycles. The van der Waals surface area contributed by atoms with Crippen LogP contribution in [0.15, 0.2) is 67.0 Å². The highest BCUT2D eigenvalue weighted by Gasteiger charge is 2.15. The number of carbonyl (C=O) groups is 2. The van der Waals surface area contributed by atoms with E-state index in [1.54, 1.807) is 48.8 Å². The molecule has 0 atom stereocenters. The van der Waals surface area contributed by atoms with Crippen molar-refractivity contribution in [3.05, 3.63) is 94.7 Å². The van der Waals surface area contributed by atoms with Crippen molar-refractivity contribution in [3.8, 4) is 0 Å². The summed E-state index contributed by atoms with van der Waals surface area (Å²) in [5, 5.41) is 9.67. The Morgan fingerprint density at radius 3 is 2.70 bits per heavy atom. The molecule has 2 amide bonds. The maximum Gasteiger partial charge on any atom is 0.276 e. The number of hydrogen-bond donors (Lipinski definition) is 2. The van der Waals surface area contributed by atoms with Gasteiger partial charge in [0.15, 0.2) is 11.3 Å². The third-order valence-corrected chi connectivity index (χ3v) is 4.66. The Morgan fingerprint density at radius 2 is 1.90 bits per heavy atom. The first-order valence-electron chi connectivity index (χ1n) is 8.94. The van der Waals surface area contributed by atoms with Crippen LogP contribution in [-0.2, 0) is 6.54 Å². The Balaban J connectivity index is 1.49. The fraction of sp³-hybridized carbons (Fsp3) is 0.0476. The van der Waals surface area contributed by atoms with Gasteiger partial charge in [-0.1, -0.05) is 29.8 Å². The Hall–Kier alpha value is -3.78. The molecular weight excluding hydrogens is 409 g/mol. The lowest BCUT2D eigenvalue weighted by atomic mass is 10.1. The summed E-state index contributed by atoms with van der Waals surface area (Å²) in [7, 11) is 0.